The zero-order chi connectivity index (χ0) is 14.7. The van der Waals surface area contributed by atoms with Crippen LogP contribution in [0.5, 0.6) is 0 Å². The minimum Gasteiger partial charge on any atom is -0.396 e. The number of hydrogen-bond donors (Lipinski definition) is 1. The summed E-state index contributed by atoms with van der Waals surface area (Å²) < 4.78 is 0. The molecule has 0 saturated heterocycles. The lowest BCUT2D eigenvalue weighted by Crippen LogP contribution is -1.85. The molecule has 0 aromatic rings. The van der Waals surface area contributed by atoms with E-state index in [-0.39, 0.29) is 0 Å². The van der Waals surface area contributed by atoms with Crippen molar-refractivity contribution in [2.45, 2.75) is 103 Å². The van der Waals surface area contributed by atoms with Gasteiger partial charge in [0.1, 0.15) is 0 Å². The third kappa shape index (κ3) is 18.4. The van der Waals surface area contributed by atoms with Crippen LogP contribution >= 0.6 is 15.9 Å². The summed E-state index contributed by atoms with van der Waals surface area (Å²) in [6, 6.07) is 0. The summed E-state index contributed by atoms with van der Waals surface area (Å²) in [4.78, 5) is 0. The Morgan fingerprint density at radius 1 is 0.400 bits per heavy atom. The number of hydrogen-bond acceptors (Lipinski definition) is 1. The number of unbranched alkanes of at least 4 members (excludes halogenated alkanes) is 15. The van der Waals surface area contributed by atoms with E-state index in [9.17, 15) is 0 Å². The van der Waals surface area contributed by atoms with Crippen LogP contribution in [0.4, 0.5) is 0 Å². The molecule has 0 aromatic carbocycles. The van der Waals surface area contributed by atoms with Crippen LogP contribution in [-0.2, 0) is 0 Å². The molecule has 0 unspecified atom stereocenters. The SMILES string of the molecule is OCCCCCCCCCCCCCCCCCCBr. The van der Waals surface area contributed by atoms with Gasteiger partial charge in [-0.25, -0.2) is 0 Å². The van der Waals surface area contributed by atoms with Crippen molar-refractivity contribution in [3.05, 3.63) is 0 Å². The fraction of sp³-hybridized carbons (Fsp3) is 1.00. The Hall–Kier alpha value is 0.440. The van der Waals surface area contributed by atoms with Crippen molar-refractivity contribution in [1.82, 2.24) is 0 Å². The molecule has 20 heavy (non-hydrogen) atoms. The fourth-order valence-corrected chi connectivity index (χ4v) is 3.08. The molecule has 0 aromatic heterocycles. The quantitative estimate of drug-likeness (QED) is 0.231. The Labute approximate surface area is 136 Å². The zero-order valence-electron chi connectivity index (χ0n) is 13.6. The summed E-state index contributed by atoms with van der Waals surface area (Å²) in [5.41, 5.74) is 0. The molecule has 0 rings (SSSR count). The standard InChI is InChI=1S/C18H37BrO/c19-17-15-13-11-9-7-5-3-1-2-4-6-8-10-12-14-16-18-20/h20H,1-18H2. The van der Waals surface area contributed by atoms with Crippen molar-refractivity contribution in [3.8, 4) is 0 Å². The number of aliphatic hydroxyl groups is 1. The summed E-state index contributed by atoms with van der Waals surface area (Å²) in [6.45, 7) is 0.372. The van der Waals surface area contributed by atoms with Crippen molar-refractivity contribution < 1.29 is 5.11 Å². The molecule has 0 heterocycles. The second-order valence-corrected chi connectivity index (χ2v) is 6.86. The maximum atomic E-state index is 8.68. The number of aliphatic hydroxyl groups excluding tert-OH is 1. The summed E-state index contributed by atoms with van der Waals surface area (Å²) >= 11 is 3.48. The van der Waals surface area contributed by atoms with E-state index in [0.29, 0.717) is 6.61 Å². The second-order valence-electron chi connectivity index (χ2n) is 6.07. The second kappa shape index (κ2) is 19.4. The van der Waals surface area contributed by atoms with Crippen LogP contribution in [0.3, 0.4) is 0 Å². The highest BCUT2D eigenvalue weighted by Crippen LogP contribution is 2.13. The van der Waals surface area contributed by atoms with E-state index in [0.717, 1.165) is 6.42 Å². The van der Waals surface area contributed by atoms with E-state index < -0.39 is 0 Å². The van der Waals surface area contributed by atoms with Gasteiger partial charge in [0.2, 0.25) is 0 Å². The van der Waals surface area contributed by atoms with Gasteiger partial charge in [-0.2, -0.15) is 0 Å². The van der Waals surface area contributed by atoms with Gasteiger partial charge in [0.25, 0.3) is 0 Å². The smallest absolute Gasteiger partial charge is 0.0431 e. The molecule has 0 aliphatic carbocycles. The van der Waals surface area contributed by atoms with Gasteiger partial charge in [-0.05, 0) is 12.8 Å². The molecular weight excluding hydrogens is 312 g/mol. The lowest BCUT2D eigenvalue weighted by atomic mass is 10.0. The first-order valence-electron chi connectivity index (χ1n) is 9.08. The van der Waals surface area contributed by atoms with Crippen LogP contribution in [0.25, 0.3) is 0 Å². The maximum absolute atomic E-state index is 8.68. The lowest BCUT2D eigenvalue weighted by Gasteiger charge is -2.03. The van der Waals surface area contributed by atoms with Gasteiger partial charge in [-0.3, -0.25) is 0 Å². The molecule has 0 aliphatic rings. The van der Waals surface area contributed by atoms with Crippen LogP contribution in [-0.4, -0.2) is 17.0 Å². The van der Waals surface area contributed by atoms with E-state index in [1.807, 2.05) is 0 Å². The molecule has 0 fully saturated rings. The Morgan fingerprint density at radius 2 is 0.650 bits per heavy atom. The first kappa shape index (κ1) is 20.4. The molecule has 0 aliphatic heterocycles. The van der Waals surface area contributed by atoms with Crippen molar-refractivity contribution >= 4 is 15.9 Å². The summed E-state index contributed by atoms with van der Waals surface area (Å²) in [5.74, 6) is 0. The van der Waals surface area contributed by atoms with Gasteiger partial charge >= 0.3 is 0 Å². The van der Waals surface area contributed by atoms with E-state index in [4.69, 9.17) is 5.11 Å². The fourth-order valence-electron chi connectivity index (χ4n) is 2.68. The van der Waals surface area contributed by atoms with Crippen LogP contribution < -0.4 is 0 Å². The van der Waals surface area contributed by atoms with Crippen LogP contribution in [0, 0.1) is 0 Å². The van der Waals surface area contributed by atoms with Gasteiger partial charge in [-0.1, -0.05) is 106 Å². The van der Waals surface area contributed by atoms with Crippen molar-refractivity contribution in [2.24, 2.45) is 0 Å². The van der Waals surface area contributed by atoms with Crippen LogP contribution in [0.1, 0.15) is 103 Å². The predicted octanol–water partition coefficient (Wildman–Crippen LogP) is 6.62. The van der Waals surface area contributed by atoms with Gasteiger partial charge in [-0.15, -0.1) is 0 Å². The maximum Gasteiger partial charge on any atom is 0.0431 e. The molecule has 0 atom stereocenters. The first-order chi connectivity index (χ1) is 9.91. The monoisotopic (exact) mass is 348 g/mol. The van der Waals surface area contributed by atoms with E-state index in [1.54, 1.807) is 0 Å². The van der Waals surface area contributed by atoms with Crippen molar-refractivity contribution in [2.75, 3.05) is 11.9 Å². The highest BCUT2D eigenvalue weighted by atomic mass is 79.9. The molecule has 0 spiro atoms. The molecule has 1 nitrogen and oxygen atoms in total. The minimum absolute atomic E-state index is 0.372. The van der Waals surface area contributed by atoms with Crippen LogP contribution in [0.2, 0.25) is 0 Å². The van der Waals surface area contributed by atoms with Gasteiger partial charge in [0.05, 0.1) is 0 Å². The Bertz CT molecular complexity index is 143. The van der Waals surface area contributed by atoms with Crippen molar-refractivity contribution in [3.63, 3.8) is 0 Å². The van der Waals surface area contributed by atoms with E-state index >= 15 is 0 Å². The lowest BCUT2D eigenvalue weighted by molar-refractivity contribution is 0.282. The number of rotatable bonds is 17. The average molecular weight is 349 g/mol. The largest absolute Gasteiger partial charge is 0.396 e. The molecule has 2 heteroatoms. The molecule has 0 saturated carbocycles. The molecule has 122 valence electrons. The normalized spacial score (nSPS) is 11.1. The highest BCUT2D eigenvalue weighted by molar-refractivity contribution is 9.09. The Balaban J connectivity index is 2.89. The number of halogens is 1. The van der Waals surface area contributed by atoms with Gasteiger partial charge in [0.15, 0.2) is 0 Å². The molecule has 1 N–H and O–H groups in total. The van der Waals surface area contributed by atoms with E-state index in [2.05, 4.69) is 15.9 Å². The summed E-state index contributed by atoms with van der Waals surface area (Å²) in [5, 5.41) is 9.85. The molecular formula is C18H37BrO. The molecule has 0 radical (unpaired) electrons. The zero-order valence-corrected chi connectivity index (χ0v) is 15.1. The Kier molecular flexibility index (Phi) is 19.9. The topological polar surface area (TPSA) is 20.2 Å². The summed E-state index contributed by atoms with van der Waals surface area (Å²) in [7, 11) is 0. The minimum atomic E-state index is 0.372. The third-order valence-electron chi connectivity index (χ3n) is 4.04. The molecule has 0 bridgehead atoms. The highest BCUT2D eigenvalue weighted by Gasteiger charge is 1.94. The summed E-state index contributed by atoms with van der Waals surface area (Å²) in [6.07, 6.45) is 22.0. The number of alkyl halides is 1. The third-order valence-corrected chi connectivity index (χ3v) is 4.60. The Morgan fingerprint density at radius 3 is 0.900 bits per heavy atom. The van der Waals surface area contributed by atoms with Crippen LogP contribution in [0.15, 0.2) is 0 Å². The first-order valence-corrected chi connectivity index (χ1v) is 10.2. The predicted molar refractivity (Wildman–Crippen MR) is 94.8 cm³/mol. The van der Waals surface area contributed by atoms with Crippen molar-refractivity contribution in [1.29, 1.82) is 0 Å². The van der Waals surface area contributed by atoms with E-state index in [1.165, 1.54) is 102 Å². The van der Waals surface area contributed by atoms with Gasteiger partial charge in [0, 0.05) is 11.9 Å². The average Bonchev–Trinajstić information content (AvgIpc) is 2.47. The molecule has 0 amide bonds. The van der Waals surface area contributed by atoms with Gasteiger partial charge < -0.3 is 5.11 Å².